The number of halogens is 1. The van der Waals surface area contributed by atoms with Gasteiger partial charge in [-0.3, -0.25) is 19.6 Å². The second-order valence-corrected chi connectivity index (χ2v) is 3.62. The maximum Gasteiger partial charge on any atom is 0.245 e. The number of carbonyl (C=O) groups is 2. The van der Waals surface area contributed by atoms with E-state index in [0.717, 1.165) is 0 Å². The van der Waals surface area contributed by atoms with Crippen molar-refractivity contribution < 1.29 is 9.59 Å². The quantitative estimate of drug-likeness (QED) is 0.518. The molecule has 74 valence electrons. The van der Waals surface area contributed by atoms with Crippen molar-refractivity contribution >= 4 is 23.4 Å². The van der Waals surface area contributed by atoms with Crippen LogP contribution in [0.4, 0.5) is 0 Å². The number of imide groups is 1. The number of amides is 2. The topological polar surface area (TPSA) is 64.0 Å². The molecule has 1 saturated heterocycles. The molecule has 0 radical (unpaired) electrons. The maximum atomic E-state index is 11.3. The predicted octanol–water partition coefficient (Wildman–Crippen LogP) is -0.233. The number of carbonyl (C=O) groups excluding carboxylic acids is 2. The van der Waals surface area contributed by atoms with E-state index in [2.05, 4.69) is 10.4 Å². The number of aromatic nitrogens is 2. The molecule has 2 atom stereocenters. The summed E-state index contributed by atoms with van der Waals surface area (Å²) in [5, 5.41) is 5.36. The number of nitrogens with zero attached hydrogens (tertiary/aromatic N) is 2. The molecular formula is C8H8ClN3O2. The van der Waals surface area contributed by atoms with Gasteiger partial charge in [0.25, 0.3) is 0 Å². The first-order valence-corrected chi connectivity index (χ1v) is 4.51. The Bertz CT molecular complexity index is 401. The molecule has 2 rings (SSSR count). The van der Waals surface area contributed by atoms with E-state index in [1.807, 2.05) is 0 Å². The lowest BCUT2D eigenvalue weighted by Crippen LogP contribution is -2.22. The summed E-state index contributed by atoms with van der Waals surface area (Å²) in [7, 11) is 1.74. The molecule has 1 aromatic rings. The average Bonchev–Trinajstić information content (AvgIpc) is 2.60. The number of hydrogen-bond acceptors (Lipinski definition) is 3. The molecule has 0 aliphatic carbocycles. The van der Waals surface area contributed by atoms with Gasteiger partial charge in [0.15, 0.2) is 0 Å². The Balaban J connectivity index is 2.35. The lowest BCUT2D eigenvalue weighted by molar-refractivity contribution is -0.125. The van der Waals surface area contributed by atoms with Crippen LogP contribution >= 0.6 is 11.6 Å². The van der Waals surface area contributed by atoms with E-state index in [-0.39, 0.29) is 5.91 Å². The summed E-state index contributed by atoms with van der Waals surface area (Å²) in [5.74, 6) is -1.49. The molecule has 0 spiro atoms. The lowest BCUT2D eigenvalue weighted by Gasteiger charge is -2.04. The van der Waals surface area contributed by atoms with Crippen molar-refractivity contribution in [2.24, 2.45) is 7.05 Å². The zero-order valence-corrected chi connectivity index (χ0v) is 8.15. The van der Waals surface area contributed by atoms with E-state index < -0.39 is 17.2 Å². The van der Waals surface area contributed by atoms with Crippen LogP contribution in [0, 0.1) is 0 Å². The second-order valence-electron chi connectivity index (χ2n) is 3.15. The van der Waals surface area contributed by atoms with Gasteiger partial charge in [0.1, 0.15) is 11.3 Å². The van der Waals surface area contributed by atoms with Gasteiger partial charge >= 0.3 is 0 Å². The third-order valence-corrected chi connectivity index (χ3v) is 2.58. The Kier molecular flexibility index (Phi) is 2.03. The molecule has 5 nitrogen and oxygen atoms in total. The summed E-state index contributed by atoms with van der Waals surface area (Å²) in [4.78, 5) is 22.4. The smallest absolute Gasteiger partial charge is 0.245 e. The largest absolute Gasteiger partial charge is 0.294 e. The Hall–Kier alpha value is -1.36. The van der Waals surface area contributed by atoms with E-state index in [0.29, 0.717) is 5.69 Å². The molecule has 2 unspecified atom stereocenters. The minimum Gasteiger partial charge on any atom is -0.294 e. The molecule has 2 heterocycles. The minimum absolute atomic E-state index is 0.381. The van der Waals surface area contributed by atoms with Crippen molar-refractivity contribution in [3.8, 4) is 0 Å². The molecule has 0 bridgehead atoms. The van der Waals surface area contributed by atoms with Crippen molar-refractivity contribution in [1.29, 1.82) is 0 Å². The third kappa shape index (κ3) is 1.29. The van der Waals surface area contributed by atoms with E-state index in [1.54, 1.807) is 24.0 Å². The standard InChI is InChI=1S/C8H8ClN3O2/c1-12-3-2-4(11-12)5-6(9)8(14)10-7(5)13/h2-3,5-6H,1H3,(H,10,13,14). The first kappa shape index (κ1) is 9.21. The van der Waals surface area contributed by atoms with Crippen LogP contribution in [0.25, 0.3) is 0 Å². The van der Waals surface area contributed by atoms with Crippen LogP contribution < -0.4 is 5.32 Å². The normalized spacial score (nSPS) is 26.7. The molecule has 0 aromatic carbocycles. The fourth-order valence-corrected chi connectivity index (χ4v) is 1.73. The van der Waals surface area contributed by atoms with E-state index in [9.17, 15) is 9.59 Å². The third-order valence-electron chi connectivity index (χ3n) is 2.12. The Morgan fingerprint density at radius 3 is 2.64 bits per heavy atom. The van der Waals surface area contributed by atoms with Gasteiger partial charge in [0.2, 0.25) is 11.8 Å². The Labute approximate surface area is 85.0 Å². The number of nitrogens with one attached hydrogen (secondary N) is 1. The Morgan fingerprint density at radius 1 is 1.50 bits per heavy atom. The summed E-state index contributed by atoms with van der Waals surface area (Å²) in [6, 6.07) is 1.68. The summed E-state index contributed by atoms with van der Waals surface area (Å²) in [6.07, 6.45) is 1.70. The van der Waals surface area contributed by atoms with Gasteiger partial charge in [0.05, 0.1) is 5.69 Å². The molecular weight excluding hydrogens is 206 g/mol. The lowest BCUT2D eigenvalue weighted by atomic mass is 10.0. The van der Waals surface area contributed by atoms with E-state index >= 15 is 0 Å². The predicted molar refractivity (Wildman–Crippen MR) is 48.7 cm³/mol. The van der Waals surface area contributed by atoms with Crippen molar-refractivity contribution in [2.45, 2.75) is 11.3 Å². The zero-order chi connectivity index (χ0) is 10.3. The monoisotopic (exact) mass is 213 g/mol. The van der Waals surface area contributed by atoms with Crippen LogP contribution in [0.3, 0.4) is 0 Å². The zero-order valence-electron chi connectivity index (χ0n) is 7.40. The van der Waals surface area contributed by atoms with Crippen LogP contribution in [-0.4, -0.2) is 27.0 Å². The first-order valence-electron chi connectivity index (χ1n) is 4.08. The van der Waals surface area contributed by atoms with E-state index in [4.69, 9.17) is 11.6 Å². The summed E-state index contributed by atoms with van der Waals surface area (Å²) >= 11 is 5.79. The summed E-state index contributed by atoms with van der Waals surface area (Å²) < 4.78 is 1.56. The highest BCUT2D eigenvalue weighted by atomic mass is 35.5. The SMILES string of the molecule is Cn1ccc(C2C(=O)NC(=O)C2Cl)n1. The van der Waals surface area contributed by atoms with Crippen molar-refractivity contribution in [3.63, 3.8) is 0 Å². The van der Waals surface area contributed by atoms with Gasteiger partial charge in [-0.15, -0.1) is 11.6 Å². The number of rotatable bonds is 1. The Morgan fingerprint density at radius 2 is 2.21 bits per heavy atom. The van der Waals surface area contributed by atoms with Crippen LogP contribution in [-0.2, 0) is 16.6 Å². The highest BCUT2D eigenvalue weighted by Crippen LogP contribution is 2.27. The number of aryl methyl sites for hydroxylation is 1. The molecule has 1 N–H and O–H groups in total. The van der Waals surface area contributed by atoms with E-state index in [1.165, 1.54) is 0 Å². The molecule has 1 aromatic heterocycles. The molecule has 1 aliphatic heterocycles. The molecule has 1 aliphatic rings. The molecule has 2 amide bonds. The van der Waals surface area contributed by atoms with Crippen molar-refractivity contribution in [1.82, 2.24) is 15.1 Å². The van der Waals surface area contributed by atoms with Gasteiger partial charge in [-0.05, 0) is 6.07 Å². The van der Waals surface area contributed by atoms with Crippen LogP contribution in [0.1, 0.15) is 11.6 Å². The molecule has 0 saturated carbocycles. The number of alkyl halides is 1. The van der Waals surface area contributed by atoms with Gasteiger partial charge in [-0.2, -0.15) is 5.10 Å². The van der Waals surface area contributed by atoms with Crippen LogP contribution in [0.5, 0.6) is 0 Å². The van der Waals surface area contributed by atoms with Gasteiger partial charge in [-0.1, -0.05) is 0 Å². The second kappa shape index (κ2) is 3.09. The first-order chi connectivity index (χ1) is 6.59. The fourth-order valence-electron chi connectivity index (χ4n) is 1.44. The van der Waals surface area contributed by atoms with Crippen molar-refractivity contribution in [3.05, 3.63) is 18.0 Å². The molecule has 6 heteroatoms. The van der Waals surface area contributed by atoms with Crippen molar-refractivity contribution in [2.75, 3.05) is 0 Å². The fraction of sp³-hybridized carbons (Fsp3) is 0.375. The highest BCUT2D eigenvalue weighted by molar-refractivity contribution is 6.37. The van der Waals surface area contributed by atoms with Gasteiger partial charge < -0.3 is 0 Å². The average molecular weight is 214 g/mol. The molecule has 14 heavy (non-hydrogen) atoms. The van der Waals surface area contributed by atoms with Crippen LogP contribution in [0.15, 0.2) is 12.3 Å². The van der Waals surface area contributed by atoms with Gasteiger partial charge in [0, 0.05) is 13.2 Å². The minimum atomic E-state index is -0.850. The maximum absolute atomic E-state index is 11.3. The molecule has 1 fully saturated rings. The van der Waals surface area contributed by atoms with Crippen LogP contribution in [0.2, 0.25) is 0 Å². The van der Waals surface area contributed by atoms with Gasteiger partial charge in [-0.25, -0.2) is 0 Å². The highest BCUT2D eigenvalue weighted by Gasteiger charge is 2.42. The summed E-state index contributed by atoms with van der Waals surface area (Å²) in [6.45, 7) is 0. The number of hydrogen-bond donors (Lipinski definition) is 1. The summed E-state index contributed by atoms with van der Waals surface area (Å²) in [5.41, 5.74) is 0.524.